The van der Waals surface area contributed by atoms with E-state index >= 15 is 0 Å². The molecule has 3 aromatic rings. The number of fused-ring (bicyclic) bond motifs is 2. The van der Waals surface area contributed by atoms with Gasteiger partial charge < -0.3 is 24.2 Å². The van der Waals surface area contributed by atoms with E-state index in [1.807, 2.05) is 38.2 Å². The number of nitrogens with zero attached hydrogens (tertiary/aromatic N) is 3. The predicted molar refractivity (Wildman–Crippen MR) is 163 cm³/mol. The molecule has 0 spiro atoms. The summed E-state index contributed by atoms with van der Waals surface area (Å²) in [4.78, 5) is 16.3. The molecule has 43 heavy (non-hydrogen) atoms. The summed E-state index contributed by atoms with van der Waals surface area (Å²) in [5.74, 6) is 1.37. The summed E-state index contributed by atoms with van der Waals surface area (Å²) in [6.45, 7) is 4.92. The van der Waals surface area contributed by atoms with E-state index in [9.17, 15) is 18.3 Å². The number of hydrogen-bond acceptors (Lipinski definition) is 8. The molecule has 2 heterocycles. The number of sulfonamides is 1. The molecule has 0 radical (unpaired) electrons. The summed E-state index contributed by atoms with van der Waals surface area (Å²) in [6.07, 6.45) is -0.362. The lowest BCUT2D eigenvalue weighted by molar-refractivity contribution is 0.0734. The van der Waals surface area contributed by atoms with Gasteiger partial charge >= 0.3 is 0 Å². The lowest BCUT2D eigenvalue weighted by atomic mass is 10.0. The minimum absolute atomic E-state index is 0.0485. The van der Waals surface area contributed by atoms with E-state index in [1.165, 1.54) is 9.21 Å². The van der Waals surface area contributed by atoms with Crippen LogP contribution in [0.2, 0.25) is 0 Å². The highest BCUT2D eigenvalue weighted by atomic mass is 32.2. The van der Waals surface area contributed by atoms with Crippen LogP contribution in [0.25, 0.3) is 11.1 Å². The van der Waals surface area contributed by atoms with Crippen molar-refractivity contribution in [3.8, 4) is 28.4 Å². The zero-order chi connectivity index (χ0) is 30.9. The van der Waals surface area contributed by atoms with Crippen LogP contribution >= 0.6 is 0 Å². The van der Waals surface area contributed by atoms with Crippen molar-refractivity contribution in [2.24, 2.45) is 5.92 Å². The molecule has 11 heteroatoms. The van der Waals surface area contributed by atoms with Gasteiger partial charge in [0.1, 0.15) is 16.7 Å². The smallest absolute Gasteiger partial charge is 0.253 e. The molecule has 0 bridgehead atoms. The maximum atomic E-state index is 13.9. The second kappa shape index (κ2) is 12.5. The van der Waals surface area contributed by atoms with Crippen LogP contribution in [0.3, 0.4) is 0 Å². The molecule has 5 rings (SSSR count). The van der Waals surface area contributed by atoms with Gasteiger partial charge in [-0.05, 0) is 67.1 Å². The van der Waals surface area contributed by atoms with Crippen LogP contribution in [-0.4, -0.2) is 93.3 Å². The molecular weight excluding hydrogens is 570 g/mol. The molecular formula is C32H39N3O7S. The van der Waals surface area contributed by atoms with Gasteiger partial charge in [0.05, 0.1) is 6.61 Å². The Balaban J connectivity index is 1.49. The molecule has 1 amide bonds. The maximum absolute atomic E-state index is 13.9. The van der Waals surface area contributed by atoms with Gasteiger partial charge in [0.25, 0.3) is 5.91 Å². The fraction of sp³-hybridized carbons (Fsp3) is 0.406. The normalized spacial score (nSPS) is 20.1. The first-order valence-electron chi connectivity index (χ1n) is 14.3. The summed E-state index contributed by atoms with van der Waals surface area (Å²) in [5, 5.41) is 9.96. The summed E-state index contributed by atoms with van der Waals surface area (Å²) in [7, 11) is 1.41. The van der Waals surface area contributed by atoms with Gasteiger partial charge in [0.2, 0.25) is 16.8 Å². The Morgan fingerprint density at radius 3 is 2.49 bits per heavy atom. The number of likely N-dealkylation sites (N-methyl/N-ethyl adjacent to an activating group) is 1. The van der Waals surface area contributed by atoms with Gasteiger partial charge in [-0.25, -0.2) is 8.42 Å². The van der Waals surface area contributed by atoms with Crippen molar-refractivity contribution in [1.29, 1.82) is 0 Å². The summed E-state index contributed by atoms with van der Waals surface area (Å²) in [5.41, 5.74) is 3.08. The van der Waals surface area contributed by atoms with E-state index < -0.39 is 16.1 Å². The lowest BCUT2D eigenvalue weighted by Crippen LogP contribution is -2.49. The quantitative estimate of drug-likeness (QED) is 0.412. The van der Waals surface area contributed by atoms with E-state index in [1.54, 1.807) is 57.4 Å². The van der Waals surface area contributed by atoms with Crippen molar-refractivity contribution in [3.05, 3.63) is 71.8 Å². The van der Waals surface area contributed by atoms with E-state index in [2.05, 4.69) is 4.90 Å². The lowest BCUT2D eigenvalue weighted by Gasteiger charge is -2.37. The van der Waals surface area contributed by atoms with Crippen LogP contribution in [0.1, 0.15) is 29.8 Å². The Morgan fingerprint density at radius 1 is 1.00 bits per heavy atom. The molecule has 0 aliphatic carbocycles. The summed E-state index contributed by atoms with van der Waals surface area (Å²) >= 11 is 0. The molecule has 3 atom stereocenters. The standard InChI is InChI=1S/C32H39N3O7S/c1-21-16-35(22(2)19-36)43(38,39)31-12-10-25(24-7-6-8-26(14-24)32(37)33(3)4)15-29(31)42-30(21)18-34(5)17-23-9-11-27-28(13-23)41-20-40-27/h6-15,21-22,30,36H,16-20H2,1-5H3/t21-,22?,30+/m0/s1. The number of aliphatic hydroxyl groups excluding tert-OH is 1. The van der Waals surface area contributed by atoms with Crippen LogP contribution < -0.4 is 14.2 Å². The third kappa shape index (κ3) is 6.50. The number of benzene rings is 3. The summed E-state index contributed by atoms with van der Waals surface area (Å²) in [6, 6.07) is 17.5. The Hall–Kier alpha value is -3.64. The van der Waals surface area contributed by atoms with Crippen LogP contribution in [0, 0.1) is 5.92 Å². The highest BCUT2D eigenvalue weighted by molar-refractivity contribution is 7.89. The van der Waals surface area contributed by atoms with E-state index in [0.717, 1.165) is 28.2 Å². The van der Waals surface area contributed by atoms with Gasteiger partial charge in [0, 0.05) is 51.3 Å². The monoisotopic (exact) mass is 609 g/mol. The number of aliphatic hydroxyl groups is 1. The van der Waals surface area contributed by atoms with Crippen LogP contribution in [0.4, 0.5) is 0 Å². The van der Waals surface area contributed by atoms with E-state index in [-0.39, 0.29) is 48.5 Å². The molecule has 0 saturated heterocycles. The van der Waals surface area contributed by atoms with E-state index in [4.69, 9.17) is 14.2 Å². The van der Waals surface area contributed by atoms with Gasteiger partial charge in [-0.15, -0.1) is 0 Å². The molecule has 2 aliphatic heterocycles. The number of hydrogen-bond donors (Lipinski definition) is 1. The Morgan fingerprint density at radius 2 is 1.74 bits per heavy atom. The average molecular weight is 610 g/mol. The Labute approximate surface area is 253 Å². The van der Waals surface area contributed by atoms with Crippen molar-refractivity contribution < 1.29 is 32.5 Å². The highest BCUT2D eigenvalue weighted by Crippen LogP contribution is 2.37. The maximum Gasteiger partial charge on any atom is 0.253 e. The van der Waals surface area contributed by atoms with Gasteiger partial charge in [0.15, 0.2) is 11.5 Å². The molecule has 1 unspecified atom stereocenters. The zero-order valence-electron chi connectivity index (χ0n) is 25.2. The first-order valence-corrected chi connectivity index (χ1v) is 15.7. The highest BCUT2D eigenvalue weighted by Gasteiger charge is 2.38. The SMILES string of the molecule is CC(CO)N1C[C@H](C)[C@@H](CN(C)Cc2ccc3c(c2)OCO3)Oc2cc(-c3cccc(C(=O)N(C)C)c3)ccc2S1(=O)=O. The molecule has 3 aromatic carbocycles. The average Bonchev–Trinajstić information content (AvgIpc) is 3.46. The van der Waals surface area contributed by atoms with Crippen LogP contribution in [-0.2, 0) is 16.6 Å². The third-order valence-electron chi connectivity index (χ3n) is 7.90. The second-order valence-electron chi connectivity index (χ2n) is 11.6. The molecule has 2 aliphatic rings. The molecule has 230 valence electrons. The summed E-state index contributed by atoms with van der Waals surface area (Å²) < 4.78 is 46.7. The van der Waals surface area contributed by atoms with Crippen molar-refractivity contribution in [2.45, 2.75) is 37.4 Å². The number of carbonyl (C=O) groups excluding carboxylic acids is 1. The van der Waals surface area contributed by atoms with Crippen molar-refractivity contribution in [2.75, 3.05) is 47.6 Å². The van der Waals surface area contributed by atoms with Crippen LogP contribution in [0.15, 0.2) is 65.6 Å². The van der Waals surface area contributed by atoms with Gasteiger partial charge in [-0.2, -0.15) is 4.31 Å². The van der Waals surface area contributed by atoms with Crippen molar-refractivity contribution in [1.82, 2.24) is 14.1 Å². The van der Waals surface area contributed by atoms with E-state index in [0.29, 0.717) is 18.7 Å². The van der Waals surface area contributed by atoms with Crippen molar-refractivity contribution in [3.63, 3.8) is 0 Å². The third-order valence-corrected chi connectivity index (χ3v) is 9.92. The first kappa shape index (κ1) is 30.8. The molecule has 0 saturated carbocycles. The molecule has 0 fully saturated rings. The number of carbonyl (C=O) groups is 1. The molecule has 0 aromatic heterocycles. The topological polar surface area (TPSA) is 109 Å². The van der Waals surface area contributed by atoms with Gasteiger partial charge in [-0.3, -0.25) is 9.69 Å². The molecule has 1 N–H and O–H groups in total. The van der Waals surface area contributed by atoms with Crippen molar-refractivity contribution >= 4 is 15.9 Å². The minimum Gasteiger partial charge on any atom is -0.487 e. The fourth-order valence-electron chi connectivity index (χ4n) is 5.44. The number of amides is 1. The number of ether oxygens (including phenoxy) is 3. The first-order chi connectivity index (χ1) is 20.5. The largest absolute Gasteiger partial charge is 0.487 e. The zero-order valence-corrected chi connectivity index (χ0v) is 26.0. The fourth-order valence-corrected chi connectivity index (χ4v) is 7.26. The van der Waals surface area contributed by atoms with Gasteiger partial charge in [-0.1, -0.05) is 31.2 Å². The Kier molecular flexibility index (Phi) is 8.98. The van der Waals surface area contributed by atoms with Crippen LogP contribution in [0.5, 0.6) is 17.2 Å². The Bertz CT molecular complexity index is 1590. The molecule has 10 nitrogen and oxygen atoms in total. The second-order valence-corrected chi connectivity index (χ2v) is 13.4. The minimum atomic E-state index is -3.98. The number of rotatable bonds is 8. The predicted octanol–water partition coefficient (Wildman–Crippen LogP) is 3.68.